The van der Waals surface area contributed by atoms with Crippen molar-refractivity contribution in [3.63, 3.8) is 0 Å². The normalized spacial score (nSPS) is 14.7. The Morgan fingerprint density at radius 1 is 1.00 bits per heavy atom. The lowest BCUT2D eigenvalue weighted by atomic mass is 9.99. The number of carboxylic acid groups (broad SMARTS) is 1. The van der Waals surface area contributed by atoms with Gasteiger partial charge in [0, 0.05) is 12.0 Å². The number of aliphatic hydroxyl groups excluding tert-OH is 1. The second-order valence-corrected chi connectivity index (χ2v) is 10.7. The summed E-state index contributed by atoms with van der Waals surface area (Å²) < 4.78 is 23.8. The first-order valence-electron chi connectivity index (χ1n) is 12.7. The maximum Gasteiger partial charge on any atom is 0.337 e. The van der Waals surface area contributed by atoms with Gasteiger partial charge in [0.25, 0.3) is 0 Å². The Labute approximate surface area is 230 Å². The number of rotatable bonds is 10. The number of hydrogen-bond donors (Lipinski definition) is 2. The molecule has 0 radical (unpaired) electrons. The fourth-order valence-corrected chi connectivity index (χ4v) is 6.33. The number of benzene rings is 3. The Bertz CT molecular complexity index is 1460. The molecule has 9 heteroatoms. The summed E-state index contributed by atoms with van der Waals surface area (Å²) in [5.74, 6) is 0.698. The predicted molar refractivity (Wildman–Crippen MR) is 149 cm³/mol. The van der Waals surface area contributed by atoms with Crippen molar-refractivity contribution < 1.29 is 34.0 Å². The van der Waals surface area contributed by atoms with Crippen LogP contribution in [-0.4, -0.2) is 54.7 Å². The van der Waals surface area contributed by atoms with E-state index in [1.54, 1.807) is 39.5 Å². The molecule has 2 N–H and O–H groups in total. The third kappa shape index (κ3) is 5.30. The van der Waals surface area contributed by atoms with E-state index >= 15 is 0 Å². The summed E-state index contributed by atoms with van der Waals surface area (Å²) in [6.45, 7) is 1.89. The predicted octanol–water partition coefficient (Wildman–Crippen LogP) is 5.16. The van der Waals surface area contributed by atoms with Crippen LogP contribution in [0.2, 0.25) is 0 Å². The van der Waals surface area contributed by atoms with E-state index in [9.17, 15) is 15.0 Å². The fraction of sp³-hybridized carbons (Fsp3) is 0.333. The third-order valence-corrected chi connectivity index (χ3v) is 8.32. The van der Waals surface area contributed by atoms with Crippen molar-refractivity contribution in [2.45, 2.75) is 44.5 Å². The Morgan fingerprint density at radius 3 is 2.18 bits per heavy atom. The summed E-state index contributed by atoms with van der Waals surface area (Å²) in [6, 6.07) is 15.0. The summed E-state index contributed by atoms with van der Waals surface area (Å²) in [5.41, 5.74) is 4.38. The van der Waals surface area contributed by atoms with E-state index in [0.717, 1.165) is 18.4 Å². The van der Waals surface area contributed by atoms with Gasteiger partial charge in [0.1, 0.15) is 23.4 Å². The number of aromatic nitrogens is 1. The number of methoxy groups -OCH3 is 3. The maximum atomic E-state index is 11.9. The van der Waals surface area contributed by atoms with Crippen LogP contribution in [0.3, 0.4) is 0 Å². The average molecular weight is 550 g/mol. The molecule has 0 fully saturated rings. The van der Waals surface area contributed by atoms with E-state index < -0.39 is 18.2 Å². The molecule has 1 heterocycles. The van der Waals surface area contributed by atoms with Crippen molar-refractivity contribution in [3.05, 3.63) is 81.4 Å². The van der Waals surface area contributed by atoms with Crippen LogP contribution in [-0.2, 0) is 24.0 Å². The van der Waals surface area contributed by atoms with E-state index in [4.69, 9.17) is 18.9 Å². The molecule has 0 unspecified atom stereocenters. The molecule has 0 bridgehead atoms. The lowest BCUT2D eigenvalue weighted by Gasteiger charge is -2.27. The lowest BCUT2D eigenvalue weighted by Crippen LogP contribution is -2.30. The van der Waals surface area contributed by atoms with Crippen molar-refractivity contribution in [1.82, 2.24) is 4.98 Å². The largest absolute Gasteiger partial charge is 0.496 e. The molecule has 4 aromatic rings. The van der Waals surface area contributed by atoms with Crippen LogP contribution in [0.15, 0.2) is 48.5 Å². The molecule has 0 saturated carbocycles. The van der Waals surface area contributed by atoms with Crippen LogP contribution in [0.25, 0.3) is 10.2 Å². The average Bonchev–Trinajstić information content (AvgIpc) is 3.55. The molecule has 0 saturated heterocycles. The van der Waals surface area contributed by atoms with Crippen LogP contribution < -0.4 is 14.2 Å². The fourth-order valence-electron chi connectivity index (χ4n) is 5.21. The molecule has 1 aromatic heterocycles. The van der Waals surface area contributed by atoms with E-state index in [0.29, 0.717) is 38.0 Å². The Kier molecular flexibility index (Phi) is 7.74. The van der Waals surface area contributed by atoms with E-state index in [1.165, 1.54) is 28.5 Å². The van der Waals surface area contributed by atoms with Gasteiger partial charge in [-0.2, -0.15) is 0 Å². The van der Waals surface area contributed by atoms with Crippen LogP contribution in [0.5, 0.6) is 17.2 Å². The molecular formula is C30H31NO7S. The topological polar surface area (TPSA) is 107 Å². The molecule has 0 amide bonds. The molecule has 8 nitrogen and oxygen atoms in total. The summed E-state index contributed by atoms with van der Waals surface area (Å²) in [6.07, 6.45) is -0.0391. The van der Waals surface area contributed by atoms with Crippen LogP contribution in [0, 0.1) is 6.92 Å². The second kappa shape index (κ2) is 11.2. The highest BCUT2D eigenvalue weighted by Gasteiger charge is 2.31. The molecule has 0 spiro atoms. The van der Waals surface area contributed by atoms with Gasteiger partial charge in [-0.25, -0.2) is 9.78 Å². The number of ether oxygens (including phenoxy) is 4. The van der Waals surface area contributed by atoms with Crippen LogP contribution in [0.4, 0.5) is 0 Å². The first kappa shape index (κ1) is 26.9. The second-order valence-electron chi connectivity index (χ2n) is 9.58. The highest BCUT2D eigenvalue weighted by molar-refractivity contribution is 7.19. The maximum absolute atomic E-state index is 11.9. The highest BCUT2D eigenvalue weighted by atomic mass is 32.1. The number of fused-ring (bicyclic) bond motifs is 2. The number of hydrogen-bond acceptors (Lipinski definition) is 8. The van der Waals surface area contributed by atoms with Gasteiger partial charge in [-0.05, 0) is 60.7 Å². The molecular weight excluding hydrogens is 518 g/mol. The Morgan fingerprint density at radius 2 is 1.62 bits per heavy atom. The van der Waals surface area contributed by atoms with Crippen molar-refractivity contribution in [1.29, 1.82) is 0 Å². The third-order valence-electron chi connectivity index (χ3n) is 7.23. The van der Waals surface area contributed by atoms with E-state index in [1.807, 2.05) is 19.1 Å². The molecule has 39 heavy (non-hydrogen) atoms. The quantitative estimate of drug-likeness (QED) is 0.279. The van der Waals surface area contributed by atoms with E-state index in [2.05, 4.69) is 17.1 Å². The van der Waals surface area contributed by atoms with Crippen molar-refractivity contribution in [2.24, 2.45) is 0 Å². The van der Waals surface area contributed by atoms with Gasteiger partial charge in [0.05, 0.1) is 54.3 Å². The lowest BCUT2D eigenvalue weighted by molar-refractivity contribution is -0.0743. The number of thiazole rings is 1. The molecule has 1 aliphatic rings. The van der Waals surface area contributed by atoms with Crippen LogP contribution in [0.1, 0.15) is 43.7 Å². The minimum absolute atomic E-state index is 0.102. The zero-order valence-corrected chi connectivity index (χ0v) is 23.1. The SMILES string of the molecule is COc1cc([C@@H](O)[C@H](Cc2nc3c(C(=O)O)ccc(OC)c3s2)OC2Cc3ccccc3C2)cc(OC)c1C. The summed E-state index contributed by atoms with van der Waals surface area (Å²) in [5, 5.41) is 22.0. The first-order chi connectivity index (χ1) is 18.8. The molecule has 3 aromatic carbocycles. The molecule has 0 aliphatic heterocycles. The molecule has 2 atom stereocenters. The molecule has 204 valence electrons. The summed E-state index contributed by atoms with van der Waals surface area (Å²) >= 11 is 1.34. The first-order valence-corrected chi connectivity index (χ1v) is 13.5. The van der Waals surface area contributed by atoms with Gasteiger partial charge >= 0.3 is 5.97 Å². The number of carbonyl (C=O) groups is 1. The zero-order valence-electron chi connectivity index (χ0n) is 22.3. The number of aliphatic hydroxyl groups is 1. The highest BCUT2D eigenvalue weighted by Crippen LogP contribution is 2.38. The van der Waals surface area contributed by atoms with Crippen molar-refractivity contribution in [2.75, 3.05) is 21.3 Å². The number of carboxylic acids is 1. The standard InChI is InChI=1S/C30H31NO7S/c1-16-23(36-3)13-19(14-24(16)37-4)28(32)25(38-20-11-17-7-5-6-8-18(17)12-20)15-26-31-27-21(30(33)34)9-10-22(35-2)29(27)39-26/h5-10,13-14,20,25,28,32H,11-12,15H2,1-4H3,(H,33,34)/t25-,28+/m0/s1. The van der Waals surface area contributed by atoms with E-state index in [-0.39, 0.29) is 18.1 Å². The van der Waals surface area contributed by atoms with Crippen molar-refractivity contribution >= 4 is 27.5 Å². The van der Waals surface area contributed by atoms with Gasteiger partial charge in [-0.3, -0.25) is 0 Å². The summed E-state index contributed by atoms with van der Waals surface area (Å²) in [4.78, 5) is 16.5. The van der Waals surface area contributed by atoms with Gasteiger partial charge in [0.15, 0.2) is 0 Å². The Hall–Kier alpha value is -3.66. The van der Waals surface area contributed by atoms with Gasteiger partial charge in [-0.1, -0.05) is 24.3 Å². The smallest absolute Gasteiger partial charge is 0.337 e. The van der Waals surface area contributed by atoms with Crippen molar-refractivity contribution in [3.8, 4) is 17.2 Å². The van der Waals surface area contributed by atoms with Crippen LogP contribution >= 0.6 is 11.3 Å². The monoisotopic (exact) mass is 549 g/mol. The minimum atomic E-state index is -1.06. The van der Waals surface area contributed by atoms with Gasteiger partial charge in [0.2, 0.25) is 0 Å². The number of nitrogens with zero attached hydrogens (tertiary/aromatic N) is 1. The Balaban J connectivity index is 1.52. The van der Waals surface area contributed by atoms with Gasteiger partial charge in [-0.15, -0.1) is 11.3 Å². The summed E-state index contributed by atoms with van der Waals surface area (Å²) in [7, 11) is 4.70. The number of aromatic carboxylic acids is 1. The molecule has 1 aliphatic carbocycles. The molecule has 5 rings (SSSR count). The van der Waals surface area contributed by atoms with Gasteiger partial charge < -0.3 is 29.2 Å². The zero-order chi connectivity index (χ0) is 27.7. The minimum Gasteiger partial charge on any atom is -0.496 e.